The maximum atomic E-state index is 15.4. The number of carboxylic acids is 1. The minimum Gasteiger partial charge on any atom is -0.477 e. The summed E-state index contributed by atoms with van der Waals surface area (Å²) in [5.74, 6) is -2.43. The molecule has 1 aliphatic carbocycles. The van der Waals surface area contributed by atoms with E-state index in [1.54, 1.807) is 22.1 Å². The molecule has 5 rings (SSSR count). The van der Waals surface area contributed by atoms with Gasteiger partial charge in [-0.25, -0.2) is 9.18 Å². The van der Waals surface area contributed by atoms with E-state index < -0.39 is 17.2 Å². The van der Waals surface area contributed by atoms with Crippen LogP contribution in [0.4, 0.5) is 10.1 Å². The molecule has 9 heteroatoms. The number of rotatable bonds is 6. The normalized spacial score (nSPS) is 18.2. The van der Waals surface area contributed by atoms with Crippen LogP contribution in [-0.4, -0.2) is 40.8 Å². The molecule has 0 spiro atoms. The standard InChI is InChI=1S/C23H21FN2O5S/c24-17-9-15-18(25(13-5-6-13)12-16(21(15)27)23(29)30)10-19(17)26(11-14-3-1-7-31-14)22(28)20-4-2-8-32-20/h2,4,8-10,12-14H,1,3,5-7,11H2,(H,29,30). The average Bonchev–Trinajstić information content (AvgIpc) is 3.24. The van der Waals surface area contributed by atoms with Crippen molar-refractivity contribution in [1.29, 1.82) is 0 Å². The number of hydrogen-bond donors (Lipinski definition) is 1. The number of carbonyl (C=O) groups excluding carboxylic acids is 1. The SMILES string of the molecule is O=C(O)c1cn(C2CC2)c2cc(N(CC3CCCO3)C(=O)c3cccs3)c(F)cc2c1=O. The van der Waals surface area contributed by atoms with E-state index in [2.05, 4.69) is 0 Å². The number of thiophene rings is 1. The molecule has 2 aliphatic rings. The van der Waals surface area contributed by atoms with Gasteiger partial charge in [-0.15, -0.1) is 11.3 Å². The Morgan fingerprint density at radius 3 is 2.72 bits per heavy atom. The molecule has 3 heterocycles. The molecule has 7 nitrogen and oxygen atoms in total. The first-order valence-corrected chi connectivity index (χ1v) is 11.4. The maximum absolute atomic E-state index is 15.4. The Bertz CT molecular complexity index is 1260. The predicted octanol–water partition coefficient (Wildman–Crippen LogP) is 4.06. The van der Waals surface area contributed by atoms with Crippen molar-refractivity contribution < 1.29 is 23.8 Å². The lowest BCUT2D eigenvalue weighted by atomic mass is 10.1. The number of hydrogen-bond acceptors (Lipinski definition) is 5. The molecule has 1 saturated heterocycles. The zero-order valence-electron chi connectivity index (χ0n) is 17.1. The van der Waals surface area contributed by atoms with Gasteiger partial charge in [0.15, 0.2) is 0 Å². The van der Waals surface area contributed by atoms with Crippen molar-refractivity contribution >= 4 is 39.8 Å². The lowest BCUT2D eigenvalue weighted by Gasteiger charge is -2.26. The quantitative estimate of drug-likeness (QED) is 0.604. The van der Waals surface area contributed by atoms with Crippen LogP contribution in [0.1, 0.15) is 51.8 Å². The third kappa shape index (κ3) is 3.71. The maximum Gasteiger partial charge on any atom is 0.341 e. The minimum absolute atomic E-state index is 0.00121. The number of fused-ring (bicyclic) bond motifs is 1. The summed E-state index contributed by atoms with van der Waals surface area (Å²) in [5.41, 5.74) is -0.633. The summed E-state index contributed by atoms with van der Waals surface area (Å²) in [6.45, 7) is 0.797. The molecule has 0 radical (unpaired) electrons. The fourth-order valence-corrected chi connectivity index (χ4v) is 4.86. The van der Waals surface area contributed by atoms with Gasteiger partial charge >= 0.3 is 5.97 Å². The zero-order valence-corrected chi connectivity index (χ0v) is 17.9. The molecule has 1 aromatic carbocycles. The van der Waals surface area contributed by atoms with Gasteiger partial charge in [-0.05, 0) is 49.3 Å². The molecule has 166 valence electrons. The Balaban J connectivity index is 1.67. The van der Waals surface area contributed by atoms with Gasteiger partial charge in [0.2, 0.25) is 5.43 Å². The first-order chi connectivity index (χ1) is 15.4. The van der Waals surface area contributed by atoms with E-state index in [1.165, 1.54) is 28.5 Å². The van der Waals surface area contributed by atoms with Crippen LogP contribution in [0.15, 0.2) is 40.6 Å². The highest BCUT2D eigenvalue weighted by atomic mass is 32.1. The van der Waals surface area contributed by atoms with Crippen LogP contribution in [0.5, 0.6) is 0 Å². The van der Waals surface area contributed by atoms with Crippen molar-refractivity contribution in [3.63, 3.8) is 0 Å². The Hall–Kier alpha value is -3.04. The number of ether oxygens (including phenoxy) is 1. The Labute approximate surface area is 186 Å². The van der Waals surface area contributed by atoms with Gasteiger partial charge in [0.25, 0.3) is 5.91 Å². The second-order valence-electron chi connectivity index (χ2n) is 8.16. The van der Waals surface area contributed by atoms with Gasteiger partial charge in [0.05, 0.1) is 28.7 Å². The molecule has 0 bridgehead atoms. The number of nitrogens with zero attached hydrogens (tertiary/aromatic N) is 2. The molecule has 1 saturated carbocycles. The van der Waals surface area contributed by atoms with E-state index in [9.17, 15) is 19.5 Å². The summed E-state index contributed by atoms with van der Waals surface area (Å²) in [7, 11) is 0. The van der Waals surface area contributed by atoms with Gasteiger partial charge in [0, 0.05) is 24.2 Å². The molecule has 2 fully saturated rings. The van der Waals surface area contributed by atoms with Crippen molar-refractivity contribution in [2.24, 2.45) is 0 Å². The first kappa shape index (κ1) is 20.8. The van der Waals surface area contributed by atoms with Gasteiger partial charge in [-0.2, -0.15) is 0 Å². The van der Waals surface area contributed by atoms with E-state index in [0.29, 0.717) is 17.0 Å². The second kappa shape index (κ2) is 8.14. The summed E-state index contributed by atoms with van der Waals surface area (Å²) in [5, 5.41) is 11.2. The number of pyridine rings is 1. The molecule has 1 aliphatic heterocycles. The molecule has 1 amide bonds. The monoisotopic (exact) mass is 456 g/mol. The fourth-order valence-electron chi connectivity index (χ4n) is 4.19. The number of carbonyl (C=O) groups is 2. The Morgan fingerprint density at radius 2 is 2.09 bits per heavy atom. The summed E-state index contributed by atoms with van der Waals surface area (Å²) in [4.78, 5) is 39.4. The number of benzene rings is 1. The zero-order chi connectivity index (χ0) is 22.4. The molecule has 1 N–H and O–H groups in total. The second-order valence-corrected chi connectivity index (χ2v) is 9.11. The number of aromatic carboxylic acids is 1. The van der Waals surface area contributed by atoms with Crippen LogP contribution >= 0.6 is 11.3 Å². The number of amides is 1. The molecular formula is C23H21FN2O5S. The van der Waals surface area contributed by atoms with E-state index in [4.69, 9.17) is 4.74 Å². The lowest BCUT2D eigenvalue weighted by molar-refractivity contribution is 0.0694. The largest absolute Gasteiger partial charge is 0.477 e. The van der Waals surface area contributed by atoms with Gasteiger partial charge in [-0.1, -0.05) is 6.07 Å². The molecule has 2 aromatic heterocycles. The van der Waals surface area contributed by atoms with Crippen molar-refractivity contribution in [1.82, 2.24) is 4.57 Å². The van der Waals surface area contributed by atoms with Crippen LogP contribution in [0, 0.1) is 5.82 Å². The van der Waals surface area contributed by atoms with E-state index >= 15 is 4.39 Å². The van der Waals surface area contributed by atoms with Crippen LogP contribution < -0.4 is 10.3 Å². The third-order valence-corrected chi connectivity index (χ3v) is 6.81. The molecule has 3 aromatic rings. The van der Waals surface area contributed by atoms with Crippen molar-refractivity contribution in [3.8, 4) is 0 Å². The van der Waals surface area contributed by atoms with Gasteiger partial charge in [-0.3, -0.25) is 9.59 Å². The fraction of sp³-hybridized carbons (Fsp3) is 0.348. The number of halogens is 1. The van der Waals surface area contributed by atoms with E-state index in [1.807, 2.05) is 0 Å². The van der Waals surface area contributed by atoms with E-state index in [0.717, 1.165) is 31.7 Å². The van der Waals surface area contributed by atoms with Crippen LogP contribution in [0.3, 0.4) is 0 Å². The van der Waals surface area contributed by atoms with Crippen molar-refractivity contribution in [2.75, 3.05) is 18.1 Å². The predicted molar refractivity (Wildman–Crippen MR) is 118 cm³/mol. The average molecular weight is 456 g/mol. The summed E-state index contributed by atoms with van der Waals surface area (Å²) >= 11 is 1.27. The van der Waals surface area contributed by atoms with Crippen LogP contribution in [0.25, 0.3) is 10.9 Å². The highest BCUT2D eigenvalue weighted by molar-refractivity contribution is 7.12. The number of anilines is 1. The highest BCUT2D eigenvalue weighted by Gasteiger charge is 2.30. The number of carboxylic acid groups (broad SMARTS) is 1. The summed E-state index contributed by atoms with van der Waals surface area (Å²) in [6.07, 6.45) is 4.48. The topological polar surface area (TPSA) is 88.8 Å². The van der Waals surface area contributed by atoms with Crippen molar-refractivity contribution in [3.05, 3.63) is 62.3 Å². The Kier molecular flexibility index (Phi) is 5.30. The van der Waals surface area contributed by atoms with Crippen LogP contribution in [-0.2, 0) is 4.74 Å². The summed E-state index contributed by atoms with van der Waals surface area (Å²) < 4.78 is 22.8. The highest BCUT2D eigenvalue weighted by Crippen LogP contribution is 2.38. The lowest BCUT2D eigenvalue weighted by Crippen LogP contribution is -2.38. The molecular weight excluding hydrogens is 435 g/mol. The molecule has 1 atom stereocenters. The Morgan fingerprint density at radius 1 is 1.28 bits per heavy atom. The van der Waals surface area contributed by atoms with Crippen molar-refractivity contribution in [2.45, 2.75) is 37.8 Å². The first-order valence-electron chi connectivity index (χ1n) is 10.5. The van der Waals surface area contributed by atoms with E-state index in [-0.39, 0.29) is 41.2 Å². The molecule has 32 heavy (non-hydrogen) atoms. The summed E-state index contributed by atoms with van der Waals surface area (Å²) in [6, 6.07) is 6.05. The third-order valence-electron chi connectivity index (χ3n) is 5.95. The van der Waals surface area contributed by atoms with Gasteiger partial charge in [0.1, 0.15) is 11.4 Å². The number of aromatic nitrogens is 1. The van der Waals surface area contributed by atoms with Crippen LogP contribution in [0.2, 0.25) is 0 Å². The minimum atomic E-state index is -1.34. The molecule has 1 unspecified atom stereocenters. The van der Waals surface area contributed by atoms with Gasteiger partial charge < -0.3 is 19.3 Å². The smallest absolute Gasteiger partial charge is 0.341 e.